The molecule has 1 fully saturated rings. The third kappa shape index (κ3) is 2.98. The van der Waals surface area contributed by atoms with Gasteiger partial charge in [-0.2, -0.15) is 4.31 Å². The molecule has 9 heteroatoms. The van der Waals surface area contributed by atoms with Crippen LogP contribution in [-0.2, 0) is 21.9 Å². The maximum absolute atomic E-state index is 13.3. The van der Waals surface area contributed by atoms with E-state index in [2.05, 4.69) is 9.97 Å². The molecule has 1 aromatic carbocycles. The van der Waals surface area contributed by atoms with Crippen LogP contribution >= 0.6 is 0 Å². The number of ether oxygens (including phenoxy) is 2. The first-order chi connectivity index (χ1) is 13.4. The van der Waals surface area contributed by atoms with Gasteiger partial charge < -0.3 is 15.2 Å². The molecule has 2 aromatic rings. The lowest BCUT2D eigenvalue weighted by Crippen LogP contribution is -2.47. The predicted octanol–water partition coefficient (Wildman–Crippen LogP) is 1.74. The molecule has 1 unspecified atom stereocenters. The number of nitrogen functional groups attached to an aromatic ring is 1. The Morgan fingerprint density at radius 1 is 1.18 bits per heavy atom. The predicted molar refractivity (Wildman–Crippen MR) is 104 cm³/mol. The number of nitrogens with zero attached hydrogens (tertiary/aromatic N) is 3. The van der Waals surface area contributed by atoms with Crippen LogP contribution in [0.3, 0.4) is 0 Å². The summed E-state index contributed by atoms with van der Waals surface area (Å²) in [6.07, 6.45) is 5.15. The second-order valence-electron chi connectivity index (χ2n) is 7.34. The van der Waals surface area contributed by atoms with Gasteiger partial charge in [-0.05, 0) is 43.4 Å². The highest BCUT2D eigenvalue weighted by molar-refractivity contribution is 7.89. The first-order valence-corrected chi connectivity index (χ1v) is 10.7. The summed E-state index contributed by atoms with van der Waals surface area (Å²) in [4.78, 5) is 8.76. The van der Waals surface area contributed by atoms with Crippen molar-refractivity contribution in [3.8, 4) is 11.5 Å². The summed E-state index contributed by atoms with van der Waals surface area (Å²) < 4.78 is 38.7. The number of piperidine rings is 1. The monoisotopic (exact) mass is 404 g/mol. The Kier molecular flexibility index (Phi) is 4.67. The molecule has 0 bridgehead atoms. The first-order valence-electron chi connectivity index (χ1n) is 9.24. The fraction of sp³-hybridized carbons (Fsp3) is 0.474. The molecule has 1 aliphatic carbocycles. The number of aromatic nitrogens is 2. The molecule has 8 nitrogen and oxygen atoms in total. The SMILES string of the molecule is COc1ccc(S(=O)(=O)N2CCCC3(CCc4cnc(N)nc43)C2)cc1OC. The average Bonchev–Trinajstić information content (AvgIpc) is 3.04. The molecule has 150 valence electrons. The van der Waals surface area contributed by atoms with E-state index in [9.17, 15) is 8.42 Å². The fourth-order valence-corrected chi connectivity index (χ4v) is 5.95. The van der Waals surface area contributed by atoms with Gasteiger partial charge in [-0.15, -0.1) is 0 Å². The summed E-state index contributed by atoms with van der Waals surface area (Å²) in [6.45, 7) is 0.876. The molecule has 1 spiro atoms. The molecular formula is C19H24N4O4S. The van der Waals surface area contributed by atoms with Crippen molar-refractivity contribution in [3.05, 3.63) is 35.7 Å². The van der Waals surface area contributed by atoms with E-state index in [0.29, 0.717) is 24.6 Å². The van der Waals surface area contributed by atoms with E-state index in [1.54, 1.807) is 22.6 Å². The third-order valence-electron chi connectivity index (χ3n) is 5.79. The molecule has 4 rings (SSSR count). The van der Waals surface area contributed by atoms with Crippen molar-refractivity contribution >= 4 is 16.0 Å². The highest BCUT2D eigenvalue weighted by Crippen LogP contribution is 2.45. The molecule has 0 amide bonds. The summed E-state index contributed by atoms with van der Waals surface area (Å²) in [6, 6.07) is 4.68. The van der Waals surface area contributed by atoms with Crippen LogP contribution in [0.25, 0.3) is 0 Å². The quantitative estimate of drug-likeness (QED) is 0.827. The van der Waals surface area contributed by atoms with Gasteiger partial charge in [0.2, 0.25) is 16.0 Å². The van der Waals surface area contributed by atoms with Crippen LogP contribution in [0.4, 0.5) is 5.95 Å². The van der Waals surface area contributed by atoms with Gasteiger partial charge in [-0.3, -0.25) is 0 Å². The molecule has 2 N–H and O–H groups in total. The minimum atomic E-state index is -3.67. The maximum atomic E-state index is 13.3. The van der Waals surface area contributed by atoms with Crippen LogP contribution in [-0.4, -0.2) is 50.0 Å². The van der Waals surface area contributed by atoms with Gasteiger partial charge in [0.15, 0.2) is 11.5 Å². The average molecular weight is 404 g/mol. The Labute approximate surface area is 164 Å². The highest BCUT2D eigenvalue weighted by atomic mass is 32.2. The molecule has 2 aliphatic rings. The number of anilines is 1. The molecule has 1 atom stereocenters. The number of hydrogen-bond donors (Lipinski definition) is 1. The molecule has 28 heavy (non-hydrogen) atoms. The Bertz CT molecular complexity index is 1010. The molecular weight excluding hydrogens is 380 g/mol. The molecule has 0 radical (unpaired) electrons. The minimum Gasteiger partial charge on any atom is -0.493 e. The van der Waals surface area contributed by atoms with Crippen molar-refractivity contribution in [3.63, 3.8) is 0 Å². The van der Waals surface area contributed by atoms with Crippen LogP contribution < -0.4 is 15.2 Å². The Balaban J connectivity index is 1.68. The number of fused-ring (bicyclic) bond motifs is 2. The third-order valence-corrected chi connectivity index (χ3v) is 7.63. The minimum absolute atomic E-state index is 0.197. The van der Waals surface area contributed by atoms with Crippen molar-refractivity contribution < 1.29 is 17.9 Å². The second-order valence-corrected chi connectivity index (χ2v) is 9.28. The molecule has 0 saturated carbocycles. The zero-order chi connectivity index (χ0) is 19.9. The van der Waals surface area contributed by atoms with E-state index in [0.717, 1.165) is 36.9 Å². The largest absolute Gasteiger partial charge is 0.493 e. The number of aryl methyl sites for hydroxylation is 1. The van der Waals surface area contributed by atoms with Gasteiger partial charge in [-0.1, -0.05) is 0 Å². The highest BCUT2D eigenvalue weighted by Gasteiger charge is 2.46. The van der Waals surface area contributed by atoms with Crippen molar-refractivity contribution in [2.75, 3.05) is 33.0 Å². The number of sulfonamides is 1. The summed E-state index contributed by atoms with van der Waals surface area (Å²) in [7, 11) is -0.663. The zero-order valence-electron chi connectivity index (χ0n) is 16.0. The van der Waals surface area contributed by atoms with Crippen LogP contribution in [0, 0.1) is 0 Å². The van der Waals surface area contributed by atoms with Gasteiger partial charge in [0.25, 0.3) is 0 Å². The Hall–Kier alpha value is -2.39. The standard InChI is InChI=1S/C19H24N4O4S/c1-26-15-5-4-14(10-16(15)27-2)28(24,25)23-9-3-7-19(12-23)8-6-13-11-21-18(20)22-17(13)19/h4-5,10-11H,3,6-9,12H2,1-2H3,(H2,20,21,22). The number of hydrogen-bond acceptors (Lipinski definition) is 7. The van der Waals surface area contributed by atoms with E-state index < -0.39 is 10.0 Å². The van der Waals surface area contributed by atoms with Crippen molar-refractivity contribution in [1.29, 1.82) is 0 Å². The van der Waals surface area contributed by atoms with Crippen LogP contribution in [0.2, 0.25) is 0 Å². The number of methoxy groups -OCH3 is 2. The Morgan fingerprint density at radius 3 is 2.71 bits per heavy atom. The Morgan fingerprint density at radius 2 is 1.96 bits per heavy atom. The number of benzene rings is 1. The smallest absolute Gasteiger partial charge is 0.243 e. The summed E-state index contributed by atoms with van der Waals surface area (Å²) in [5.74, 6) is 1.12. The van der Waals surface area contributed by atoms with E-state index in [1.165, 1.54) is 20.3 Å². The van der Waals surface area contributed by atoms with Crippen LogP contribution in [0.5, 0.6) is 11.5 Å². The van der Waals surface area contributed by atoms with Gasteiger partial charge in [0.05, 0.1) is 24.8 Å². The lowest BCUT2D eigenvalue weighted by atomic mass is 9.78. The van der Waals surface area contributed by atoms with Gasteiger partial charge >= 0.3 is 0 Å². The lowest BCUT2D eigenvalue weighted by Gasteiger charge is -2.39. The van der Waals surface area contributed by atoms with Gasteiger partial charge in [-0.25, -0.2) is 18.4 Å². The first kappa shape index (κ1) is 18.9. The van der Waals surface area contributed by atoms with Crippen molar-refractivity contribution in [1.82, 2.24) is 14.3 Å². The molecule has 1 saturated heterocycles. The summed E-state index contributed by atoms with van der Waals surface area (Å²) >= 11 is 0. The molecule has 2 heterocycles. The topological polar surface area (TPSA) is 108 Å². The van der Waals surface area contributed by atoms with E-state index in [-0.39, 0.29) is 16.3 Å². The van der Waals surface area contributed by atoms with Crippen LogP contribution in [0.15, 0.2) is 29.3 Å². The van der Waals surface area contributed by atoms with Crippen molar-refractivity contribution in [2.24, 2.45) is 0 Å². The van der Waals surface area contributed by atoms with Crippen LogP contribution in [0.1, 0.15) is 30.5 Å². The lowest BCUT2D eigenvalue weighted by molar-refractivity contribution is 0.219. The van der Waals surface area contributed by atoms with E-state index in [1.807, 2.05) is 0 Å². The maximum Gasteiger partial charge on any atom is 0.243 e. The number of rotatable bonds is 4. The second kappa shape index (κ2) is 6.89. The van der Waals surface area contributed by atoms with Gasteiger partial charge in [0.1, 0.15) is 0 Å². The van der Waals surface area contributed by atoms with E-state index in [4.69, 9.17) is 15.2 Å². The normalized spacial score (nSPS) is 22.2. The molecule has 1 aromatic heterocycles. The summed E-state index contributed by atoms with van der Waals surface area (Å²) in [5.41, 5.74) is 7.49. The van der Waals surface area contributed by atoms with E-state index >= 15 is 0 Å². The fourth-order valence-electron chi connectivity index (χ4n) is 4.37. The molecule has 1 aliphatic heterocycles. The number of nitrogens with two attached hydrogens (primary N) is 1. The summed E-state index contributed by atoms with van der Waals surface area (Å²) in [5, 5.41) is 0. The van der Waals surface area contributed by atoms with Gasteiger partial charge in [0, 0.05) is 30.8 Å². The van der Waals surface area contributed by atoms with Crippen molar-refractivity contribution in [2.45, 2.75) is 36.0 Å². The zero-order valence-corrected chi connectivity index (χ0v) is 16.8.